The van der Waals surface area contributed by atoms with Crippen LogP contribution in [0.25, 0.3) is 0 Å². The maximum Gasteiger partial charge on any atom is 0.347 e. The molecule has 8 heteroatoms. The lowest BCUT2D eigenvalue weighted by Gasteiger charge is -2.22. The van der Waals surface area contributed by atoms with Crippen LogP contribution in [0.3, 0.4) is 0 Å². The SMILES string of the molecule is Cc1csc(C(=O)O)c1S(=O)(=O)NCC1CCOCC1. The fraction of sp³-hybridized carbons (Fsp3) is 0.583. The molecule has 1 saturated heterocycles. The molecule has 112 valence electrons. The number of hydrogen-bond donors (Lipinski definition) is 2. The molecule has 0 saturated carbocycles. The molecule has 0 unspecified atom stereocenters. The topological polar surface area (TPSA) is 92.7 Å². The van der Waals surface area contributed by atoms with Crippen LogP contribution in [-0.2, 0) is 14.8 Å². The maximum absolute atomic E-state index is 12.3. The first-order valence-electron chi connectivity index (χ1n) is 6.30. The second kappa shape index (κ2) is 6.21. The van der Waals surface area contributed by atoms with Crippen molar-refractivity contribution < 1.29 is 23.1 Å². The van der Waals surface area contributed by atoms with E-state index in [9.17, 15) is 13.2 Å². The molecule has 20 heavy (non-hydrogen) atoms. The van der Waals surface area contributed by atoms with Gasteiger partial charge in [0.05, 0.1) is 0 Å². The second-order valence-corrected chi connectivity index (χ2v) is 7.37. The van der Waals surface area contributed by atoms with E-state index >= 15 is 0 Å². The fourth-order valence-electron chi connectivity index (χ4n) is 2.17. The van der Waals surface area contributed by atoms with Crippen LogP contribution < -0.4 is 4.72 Å². The number of carboxylic acid groups (broad SMARTS) is 1. The average Bonchev–Trinajstić information content (AvgIpc) is 2.81. The van der Waals surface area contributed by atoms with Gasteiger partial charge in [-0.3, -0.25) is 0 Å². The largest absolute Gasteiger partial charge is 0.477 e. The van der Waals surface area contributed by atoms with Gasteiger partial charge in [0.15, 0.2) is 0 Å². The van der Waals surface area contributed by atoms with Gasteiger partial charge in [-0.1, -0.05) is 0 Å². The number of rotatable bonds is 5. The predicted octanol–water partition coefficient (Wildman–Crippen LogP) is 1.46. The summed E-state index contributed by atoms with van der Waals surface area (Å²) in [6.07, 6.45) is 1.63. The van der Waals surface area contributed by atoms with Crippen LogP contribution in [0.5, 0.6) is 0 Å². The van der Waals surface area contributed by atoms with Crippen LogP contribution in [0, 0.1) is 12.8 Å². The van der Waals surface area contributed by atoms with Crippen molar-refractivity contribution in [3.05, 3.63) is 15.8 Å². The molecule has 0 radical (unpaired) electrons. The fourth-order valence-corrected chi connectivity index (χ4v) is 4.91. The highest BCUT2D eigenvalue weighted by Crippen LogP contribution is 2.27. The molecule has 1 aromatic heterocycles. The second-order valence-electron chi connectivity index (χ2n) is 4.79. The van der Waals surface area contributed by atoms with E-state index in [0.717, 1.165) is 24.2 Å². The minimum atomic E-state index is -3.78. The van der Waals surface area contributed by atoms with Crippen molar-refractivity contribution in [1.29, 1.82) is 0 Å². The van der Waals surface area contributed by atoms with Gasteiger partial charge in [-0.25, -0.2) is 17.9 Å². The van der Waals surface area contributed by atoms with Crippen molar-refractivity contribution in [1.82, 2.24) is 4.72 Å². The third kappa shape index (κ3) is 3.38. The number of hydrogen-bond acceptors (Lipinski definition) is 5. The Bertz CT molecular complexity index is 587. The van der Waals surface area contributed by atoms with Crippen LogP contribution in [0.1, 0.15) is 28.1 Å². The molecule has 0 aliphatic carbocycles. The lowest BCUT2D eigenvalue weighted by Crippen LogP contribution is -2.33. The first kappa shape index (κ1) is 15.4. The zero-order valence-corrected chi connectivity index (χ0v) is 12.7. The Morgan fingerprint density at radius 1 is 1.50 bits per heavy atom. The Balaban J connectivity index is 2.14. The van der Waals surface area contributed by atoms with Gasteiger partial charge in [0.25, 0.3) is 0 Å². The number of ether oxygens (including phenoxy) is 1. The number of carbonyl (C=O) groups is 1. The van der Waals surface area contributed by atoms with Crippen molar-refractivity contribution in [2.24, 2.45) is 5.92 Å². The van der Waals surface area contributed by atoms with Gasteiger partial charge < -0.3 is 9.84 Å². The zero-order valence-electron chi connectivity index (χ0n) is 11.1. The van der Waals surface area contributed by atoms with Crippen LogP contribution in [0.4, 0.5) is 0 Å². The number of aryl methyl sites for hydroxylation is 1. The van der Waals surface area contributed by atoms with E-state index in [-0.39, 0.29) is 15.7 Å². The molecule has 2 N–H and O–H groups in total. The molecule has 1 aromatic rings. The summed E-state index contributed by atoms with van der Waals surface area (Å²) in [6.45, 7) is 3.21. The first-order chi connectivity index (χ1) is 9.42. The third-order valence-corrected chi connectivity index (χ3v) is 6.11. The molecule has 6 nitrogen and oxygen atoms in total. The number of sulfonamides is 1. The Labute approximate surface area is 121 Å². The zero-order chi connectivity index (χ0) is 14.8. The lowest BCUT2D eigenvalue weighted by molar-refractivity contribution is 0.0678. The summed E-state index contributed by atoms with van der Waals surface area (Å²) in [4.78, 5) is 10.8. The maximum atomic E-state index is 12.3. The molecule has 1 aliphatic heterocycles. The van der Waals surface area contributed by atoms with E-state index in [1.54, 1.807) is 12.3 Å². The van der Waals surface area contributed by atoms with Crippen molar-refractivity contribution in [3.63, 3.8) is 0 Å². The third-order valence-electron chi connectivity index (χ3n) is 3.28. The summed E-state index contributed by atoms with van der Waals surface area (Å²) >= 11 is 0.934. The number of carboxylic acids is 1. The van der Waals surface area contributed by atoms with Crippen molar-refractivity contribution in [3.8, 4) is 0 Å². The molecular formula is C12H17NO5S2. The van der Waals surface area contributed by atoms with E-state index in [0.29, 0.717) is 25.3 Å². The molecule has 0 bridgehead atoms. The molecule has 0 aromatic carbocycles. The van der Waals surface area contributed by atoms with E-state index in [4.69, 9.17) is 9.84 Å². The number of nitrogens with one attached hydrogen (secondary N) is 1. The normalized spacial score (nSPS) is 17.2. The van der Waals surface area contributed by atoms with Gasteiger partial charge in [-0.15, -0.1) is 11.3 Å². The van der Waals surface area contributed by atoms with Crippen molar-refractivity contribution in [2.45, 2.75) is 24.7 Å². The highest BCUT2D eigenvalue weighted by molar-refractivity contribution is 7.89. The van der Waals surface area contributed by atoms with E-state index < -0.39 is 16.0 Å². The van der Waals surface area contributed by atoms with Gasteiger partial charge in [-0.2, -0.15) is 0 Å². The van der Waals surface area contributed by atoms with Gasteiger partial charge in [-0.05, 0) is 36.6 Å². The number of aromatic carboxylic acids is 1. The first-order valence-corrected chi connectivity index (χ1v) is 8.67. The van der Waals surface area contributed by atoms with Crippen LogP contribution in [0.2, 0.25) is 0 Å². The average molecular weight is 319 g/mol. The Morgan fingerprint density at radius 2 is 2.15 bits per heavy atom. The Hall–Kier alpha value is -0.960. The van der Waals surface area contributed by atoms with Gasteiger partial charge in [0.1, 0.15) is 9.77 Å². The predicted molar refractivity (Wildman–Crippen MR) is 74.7 cm³/mol. The molecule has 0 atom stereocenters. The van der Waals surface area contributed by atoms with Crippen LogP contribution in [-0.4, -0.2) is 39.3 Å². The van der Waals surface area contributed by atoms with E-state index in [1.165, 1.54) is 0 Å². The molecule has 1 aliphatic rings. The molecule has 2 rings (SSSR count). The molecule has 1 fully saturated rings. The van der Waals surface area contributed by atoms with E-state index in [2.05, 4.69) is 4.72 Å². The number of thiophene rings is 1. The summed E-state index contributed by atoms with van der Waals surface area (Å²) in [6, 6.07) is 0. The highest BCUT2D eigenvalue weighted by Gasteiger charge is 2.27. The van der Waals surface area contributed by atoms with E-state index in [1.807, 2.05) is 0 Å². The van der Waals surface area contributed by atoms with Gasteiger partial charge in [0, 0.05) is 19.8 Å². The van der Waals surface area contributed by atoms with Crippen LogP contribution >= 0.6 is 11.3 Å². The highest BCUT2D eigenvalue weighted by atomic mass is 32.2. The minimum absolute atomic E-state index is 0.109. The molecular weight excluding hydrogens is 302 g/mol. The Kier molecular flexibility index (Phi) is 4.79. The summed E-state index contributed by atoms with van der Waals surface area (Å²) in [5, 5.41) is 10.6. The summed E-state index contributed by atoms with van der Waals surface area (Å²) in [5.41, 5.74) is 0.465. The lowest BCUT2D eigenvalue weighted by atomic mass is 10.0. The minimum Gasteiger partial charge on any atom is -0.477 e. The Morgan fingerprint density at radius 3 is 2.75 bits per heavy atom. The van der Waals surface area contributed by atoms with Crippen molar-refractivity contribution in [2.75, 3.05) is 19.8 Å². The summed E-state index contributed by atoms with van der Waals surface area (Å²) in [5.74, 6) is -0.972. The summed E-state index contributed by atoms with van der Waals surface area (Å²) in [7, 11) is -3.78. The van der Waals surface area contributed by atoms with Crippen molar-refractivity contribution >= 4 is 27.3 Å². The van der Waals surface area contributed by atoms with Crippen LogP contribution in [0.15, 0.2) is 10.3 Å². The monoisotopic (exact) mass is 319 g/mol. The standard InChI is InChI=1S/C12H17NO5S2/c1-8-7-19-10(12(14)15)11(8)20(16,17)13-6-9-2-4-18-5-3-9/h7,9,13H,2-6H2,1H3,(H,14,15). The molecule has 2 heterocycles. The molecule has 0 spiro atoms. The summed E-state index contributed by atoms with van der Waals surface area (Å²) < 4.78 is 32.3. The smallest absolute Gasteiger partial charge is 0.347 e. The quantitative estimate of drug-likeness (QED) is 0.857. The van der Waals surface area contributed by atoms with Gasteiger partial charge in [0.2, 0.25) is 10.0 Å². The molecule has 0 amide bonds. The van der Waals surface area contributed by atoms with Gasteiger partial charge >= 0.3 is 5.97 Å².